The minimum absolute atomic E-state index is 0.00813. The summed E-state index contributed by atoms with van der Waals surface area (Å²) in [6.45, 7) is 6.29. The summed E-state index contributed by atoms with van der Waals surface area (Å²) in [6.07, 6.45) is 5.05. The van der Waals surface area contributed by atoms with Gasteiger partial charge in [-0.05, 0) is 24.7 Å². The quantitative estimate of drug-likeness (QED) is 0.728. The normalized spacial score (nSPS) is 15.6. The van der Waals surface area contributed by atoms with Crippen LogP contribution in [0, 0.1) is 5.92 Å². The average Bonchev–Trinajstić information content (AvgIpc) is 3.05. The zero-order valence-corrected chi connectivity index (χ0v) is 16.4. The third-order valence-corrected chi connectivity index (χ3v) is 5.45. The van der Waals surface area contributed by atoms with Crippen LogP contribution in [0.15, 0.2) is 28.2 Å². The minimum Gasteiger partial charge on any atom is -0.342 e. The molecule has 28 heavy (non-hydrogen) atoms. The highest BCUT2D eigenvalue weighted by atomic mass is 16.1. The maximum Gasteiger partial charge on any atom is 0.263 e. The van der Waals surface area contributed by atoms with E-state index in [4.69, 9.17) is 0 Å². The van der Waals surface area contributed by atoms with Crippen LogP contribution in [0.25, 0.3) is 11.0 Å². The Morgan fingerprint density at radius 1 is 1.25 bits per heavy atom. The fourth-order valence-corrected chi connectivity index (χ4v) is 3.67. The minimum atomic E-state index is -0.168. The summed E-state index contributed by atoms with van der Waals surface area (Å²) in [5.74, 6) is 1.23. The highest BCUT2D eigenvalue weighted by Gasteiger charge is 2.22. The van der Waals surface area contributed by atoms with Crippen molar-refractivity contribution in [3.05, 3.63) is 45.0 Å². The number of aryl methyl sites for hydroxylation is 1. The molecule has 3 aromatic rings. The van der Waals surface area contributed by atoms with Crippen LogP contribution < -0.4 is 16.0 Å². The number of hydrogen-bond donors (Lipinski definition) is 1. The van der Waals surface area contributed by atoms with Crippen LogP contribution in [0.5, 0.6) is 0 Å². The van der Waals surface area contributed by atoms with Crippen molar-refractivity contribution < 1.29 is 0 Å². The second kappa shape index (κ2) is 7.21. The predicted molar refractivity (Wildman–Crippen MR) is 107 cm³/mol. The molecular weight excluding hydrogens is 358 g/mol. The van der Waals surface area contributed by atoms with Gasteiger partial charge in [-0.2, -0.15) is 10.1 Å². The van der Waals surface area contributed by atoms with Crippen LogP contribution in [0.2, 0.25) is 0 Å². The first kappa shape index (κ1) is 18.4. The number of aromatic nitrogens is 6. The standard InChI is InChI=1S/C19H25N7O2/c1-12(2)15-8-16(27)26(11-20-15)10-13-4-6-25(7-5-13)19-22-17-14(18(28)23-19)9-21-24(17)3/h8-9,11-13H,4-7,10H2,1-3H3,(H,22,23,28). The first-order chi connectivity index (χ1) is 13.4. The Balaban J connectivity index is 1.44. The Bertz CT molecular complexity index is 1100. The number of H-pyrrole nitrogens is 1. The SMILES string of the molecule is CC(C)c1cc(=O)n(CC2CCN(c3nc4c(cnn4C)c(=O)[nH]3)CC2)cn1. The van der Waals surface area contributed by atoms with Crippen molar-refractivity contribution in [2.75, 3.05) is 18.0 Å². The van der Waals surface area contributed by atoms with Crippen molar-refractivity contribution in [3.8, 4) is 0 Å². The molecule has 3 aromatic heterocycles. The van der Waals surface area contributed by atoms with E-state index in [2.05, 4.69) is 25.0 Å². The van der Waals surface area contributed by atoms with E-state index in [9.17, 15) is 9.59 Å². The summed E-state index contributed by atoms with van der Waals surface area (Å²) < 4.78 is 3.31. The van der Waals surface area contributed by atoms with E-state index >= 15 is 0 Å². The Hall–Kier alpha value is -2.97. The molecule has 0 unspecified atom stereocenters. The van der Waals surface area contributed by atoms with Gasteiger partial charge in [-0.15, -0.1) is 0 Å². The molecule has 4 rings (SSSR count). The number of piperidine rings is 1. The lowest BCUT2D eigenvalue weighted by Crippen LogP contribution is -2.38. The monoisotopic (exact) mass is 383 g/mol. The van der Waals surface area contributed by atoms with Gasteiger partial charge in [0, 0.05) is 32.7 Å². The van der Waals surface area contributed by atoms with Gasteiger partial charge in [0.15, 0.2) is 5.65 Å². The lowest BCUT2D eigenvalue weighted by molar-refractivity contribution is 0.348. The van der Waals surface area contributed by atoms with Crippen LogP contribution in [-0.2, 0) is 13.6 Å². The number of rotatable bonds is 4. The first-order valence-corrected chi connectivity index (χ1v) is 9.65. The number of anilines is 1. The highest BCUT2D eigenvalue weighted by Crippen LogP contribution is 2.22. The summed E-state index contributed by atoms with van der Waals surface area (Å²) in [5, 5.41) is 4.60. The molecule has 1 saturated heterocycles. The molecule has 148 valence electrons. The van der Waals surface area contributed by atoms with Gasteiger partial charge in [0.05, 0.1) is 18.2 Å². The molecule has 9 heteroatoms. The van der Waals surface area contributed by atoms with E-state index in [1.54, 1.807) is 28.7 Å². The average molecular weight is 383 g/mol. The van der Waals surface area contributed by atoms with E-state index in [0.29, 0.717) is 29.4 Å². The van der Waals surface area contributed by atoms with E-state index < -0.39 is 0 Å². The number of aromatic amines is 1. The fourth-order valence-electron chi connectivity index (χ4n) is 3.67. The van der Waals surface area contributed by atoms with Crippen molar-refractivity contribution >= 4 is 17.0 Å². The second-order valence-electron chi connectivity index (χ2n) is 7.78. The van der Waals surface area contributed by atoms with Crippen LogP contribution in [0.1, 0.15) is 38.3 Å². The molecule has 1 aliphatic rings. The molecule has 0 atom stereocenters. The second-order valence-corrected chi connectivity index (χ2v) is 7.78. The molecule has 4 heterocycles. The van der Waals surface area contributed by atoms with E-state index in [1.807, 2.05) is 13.8 Å². The lowest BCUT2D eigenvalue weighted by atomic mass is 9.97. The van der Waals surface area contributed by atoms with Crippen molar-refractivity contribution in [3.63, 3.8) is 0 Å². The van der Waals surface area contributed by atoms with Gasteiger partial charge in [0.2, 0.25) is 5.95 Å². The smallest absolute Gasteiger partial charge is 0.263 e. The van der Waals surface area contributed by atoms with E-state index in [-0.39, 0.29) is 17.0 Å². The van der Waals surface area contributed by atoms with Crippen LogP contribution in [0.3, 0.4) is 0 Å². The third kappa shape index (κ3) is 3.44. The topological polar surface area (TPSA) is 102 Å². The molecule has 0 spiro atoms. The van der Waals surface area contributed by atoms with Crippen LogP contribution >= 0.6 is 0 Å². The first-order valence-electron chi connectivity index (χ1n) is 9.65. The van der Waals surface area contributed by atoms with Gasteiger partial charge in [0.1, 0.15) is 5.39 Å². The molecule has 0 amide bonds. The van der Waals surface area contributed by atoms with Gasteiger partial charge >= 0.3 is 0 Å². The maximum atomic E-state index is 12.3. The van der Waals surface area contributed by atoms with Gasteiger partial charge in [-0.1, -0.05) is 13.8 Å². The highest BCUT2D eigenvalue weighted by molar-refractivity contribution is 5.74. The molecular formula is C19H25N7O2. The Morgan fingerprint density at radius 2 is 2.00 bits per heavy atom. The Morgan fingerprint density at radius 3 is 2.68 bits per heavy atom. The van der Waals surface area contributed by atoms with E-state index in [1.165, 1.54) is 6.20 Å². The van der Waals surface area contributed by atoms with Gasteiger partial charge in [-0.3, -0.25) is 23.8 Å². The van der Waals surface area contributed by atoms with Crippen molar-refractivity contribution in [2.45, 2.75) is 39.2 Å². The molecule has 0 aromatic carbocycles. The molecule has 1 aliphatic heterocycles. The summed E-state index contributed by atoms with van der Waals surface area (Å²) >= 11 is 0. The lowest BCUT2D eigenvalue weighted by Gasteiger charge is -2.32. The van der Waals surface area contributed by atoms with Crippen molar-refractivity contribution in [1.82, 2.24) is 29.3 Å². The van der Waals surface area contributed by atoms with Gasteiger partial charge in [-0.25, -0.2) is 4.98 Å². The summed E-state index contributed by atoms with van der Waals surface area (Å²) in [6, 6.07) is 1.64. The summed E-state index contributed by atoms with van der Waals surface area (Å²) in [4.78, 5) is 38.5. The van der Waals surface area contributed by atoms with Crippen LogP contribution in [-0.4, -0.2) is 42.4 Å². The third-order valence-electron chi connectivity index (χ3n) is 5.45. The molecule has 1 fully saturated rings. The summed E-state index contributed by atoms with van der Waals surface area (Å²) in [5.41, 5.74) is 1.26. The van der Waals surface area contributed by atoms with Gasteiger partial charge < -0.3 is 4.90 Å². The molecule has 0 saturated carbocycles. The molecule has 9 nitrogen and oxygen atoms in total. The van der Waals surface area contributed by atoms with Gasteiger partial charge in [0.25, 0.3) is 11.1 Å². The van der Waals surface area contributed by atoms with E-state index in [0.717, 1.165) is 31.6 Å². The number of nitrogens with zero attached hydrogens (tertiary/aromatic N) is 6. The number of fused-ring (bicyclic) bond motifs is 1. The summed E-state index contributed by atoms with van der Waals surface area (Å²) in [7, 11) is 1.78. The van der Waals surface area contributed by atoms with Crippen molar-refractivity contribution in [2.24, 2.45) is 13.0 Å². The largest absolute Gasteiger partial charge is 0.342 e. The Labute approximate surface area is 162 Å². The Kier molecular flexibility index (Phi) is 4.74. The van der Waals surface area contributed by atoms with Crippen molar-refractivity contribution in [1.29, 1.82) is 0 Å². The fraction of sp³-hybridized carbons (Fsp3) is 0.526. The van der Waals surface area contributed by atoms with Crippen LogP contribution in [0.4, 0.5) is 5.95 Å². The number of hydrogen-bond acceptors (Lipinski definition) is 6. The molecule has 0 bridgehead atoms. The number of nitrogens with one attached hydrogen (secondary N) is 1. The zero-order valence-electron chi connectivity index (χ0n) is 16.4. The molecule has 0 aliphatic carbocycles. The zero-order chi connectivity index (χ0) is 19.8. The maximum absolute atomic E-state index is 12.3. The molecule has 1 N–H and O–H groups in total. The predicted octanol–water partition coefficient (Wildman–Crippen LogP) is 1.25. The molecule has 0 radical (unpaired) electrons.